The van der Waals surface area contributed by atoms with Gasteiger partial charge >= 0.3 is 5.97 Å². The minimum Gasteiger partial charge on any atom is -0.497 e. The first-order valence-corrected chi connectivity index (χ1v) is 11.9. The standard InChI is InChI=1S/C24H26N6O4S/c1-14-10-17(13-25-12-14)27-22(32)20-15(2)26-23-28-24(35-9-8-19(31)34-4)29-30(23)21(20)16-6-5-7-18(11-16)33-3/h5-7,10-13,21H,8-9H2,1-4H3,(H,27,32)(H,26,28,29). The van der Waals surface area contributed by atoms with Gasteiger partial charge in [-0.15, -0.1) is 5.10 Å². The van der Waals surface area contributed by atoms with Gasteiger partial charge in [0, 0.05) is 17.6 Å². The second kappa shape index (κ2) is 10.6. The third-order valence-electron chi connectivity index (χ3n) is 5.39. The summed E-state index contributed by atoms with van der Waals surface area (Å²) >= 11 is 1.34. The van der Waals surface area contributed by atoms with Crippen LogP contribution in [0.5, 0.6) is 5.75 Å². The normalized spacial score (nSPS) is 14.7. The number of esters is 1. The van der Waals surface area contributed by atoms with E-state index in [1.165, 1.54) is 18.9 Å². The zero-order valence-corrected chi connectivity index (χ0v) is 20.7. The summed E-state index contributed by atoms with van der Waals surface area (Å²) in [5.41, 5.74) is 3.50. The second-order valence-corrected chi connectivity index (χ2v) is 8.95. The van der Waals surface area contributed by atoms with Gasteiger partial charge in [0.05, 0.1) is 38.1 Å². The molecule has 3 heterocycles. The Morgan fingerprint density at radius 3 is 2.77 bits per heavy atom. The maximum Gasteiger partial charge on any atom is 0.306 e. The van der Waals surface area contributed by atoms with Crippen LogP contribution in [0, 0.1) is 6.92 Å². The van der Waals surface area contributed by atoms with Crippen molar-refractivity contribution in [3.05, 3.63) is 65.1 Å². The van der Waals surface area contributed by atoms with Crippen molar-refractivity contribution in [1.82, 2.24) is 19.7 Å². The molecule has 1 aliphatic rings. The van der Waals surface area contributed by atoms with Crippen LogP contribution in [-0.2, 0) is 14.3 Å². The lowest BCUT2D eigenvalue weighted by molar-refractivity contribution is -0.140. The molecule has 182 valence electrons. The van der Waals surface area contributed by atoms with Crippen LogP contribution in [0.15, 0.2) is 59.2 Å². The number of thioether (sulfide) groups is 1. The molecular formula is C24H26N6O4S. The first kappa shape index (κ1) is 24.3. The molecule has 10 nitrogen and oxygen atoms in total. The number of pyridine rings is 1. The molecule has 0 saturated carbocycles. The van der Waals surface area contributed by atoms with E-state index in [9.17, 15) is 9.59 Å². The SMILES string of the molecule is COC(=O)CCSc1nc2n(n1)C(c1cccc(OC)c1)C(C(=O)Nc1cncc(C)c1)=C(C)N2. The maximum atomic E-state index is 13.5. The number of benzene rings is 1. The molecule has 1 aliphatic heterocycles. The highest BCUT2D eigenvalue weighted by Crippen LogP contribution is 2.37. The van der Waals surface area contributed by atoms with Gasteiger partial charge < -0.3 is 20.1 Å². The van der Waals surface area contributed by atoms with E-state index in [0.717, 1.165) is 11.1 Å². The number of rotatable bonds is 8. The van der Waals surface area contributed by atoms with Gasteiger partial charge in [-0.2, -0.15) is 4.98 Å². The number of nitrogens with zero attached hydrogens (tertiary/aromatic N) is 4. The number of amides is 1. The summed E-state index contributed by atoms with van der Waals surface area (Å²) in [6.45, 7) is 3.74. The molecule has 35 heavy (non-hydrogen) atoms. The Morgan fingerprint density at radius 2 is 2.03 bits per heavy atom. The number of hydrogen-bond donors (Lipinski definition) is 2. The predicted molar refractivity (Wildman–Crippen MR) is 132 cm³/mol. The Bertz CT molecular complexity index is 1290. The van der Waals surface area contributed by atoms with Crippen molar-refractivity contribution >= 4 is 35.3 Å². The molecule has 0 radical (unpaired) electrons. The largest absolute Gasteiger partial charge is 0.497 e. The zero-order valence-electron chi connectivity index (χ0n) is 19.9. The molecule has 0 aliphatic carbocycles. The summed E-state index contributed by atoms with van der Waals surface area (Å²) in [6, 6.07) is 8.81. The molecule has 1 aromatic carbocycles. The first-order chi connectivity index (χ1) is 16.9. The molecule has 0 bridgehead atoms. The fraction of sp³-hybridized carbons (Fsp3) is 0.292. The lowest BCUT2D eigenvalue weighted by atomic mass is 9.95. The summed E-state index contributed by atoms with van der Waals surface area (Å²) in [4.78, 5) is 33.7. The van der Waals surface area contributed by atoms with Crippen LogP contribution in [0.1, 0.15) is 30.5 Å². The monoisotopic (exact) mass is 494 g/mol. The number of nitrogens with one attached hydrogen (secondary N) is 2. The van der Waals surface area contributed by atoms with Gasteiger partial charge in [-0.25, -0.2) is 4.68 Å². The van der Waals surface area contributed by atoms with E-state index in [-0.39, 0.29) is 18.3 Å². The van der Waals surface area contributed by atoms with Gasteiger partial charge in [0.2, 0.25) is 11.1 Å². The number of carbonyl (C=O) groups is 2. The Kier molecular flexibility index (Phi) is 7.35. The summed E-state index contributed by atoms with van der Waals surface area (Å²) in [5, 5.41) is 11.3. The Labute approximate surface area is 207 Å². The molecule has 4 rings (SSSR count). The van der Waals surface area contributed by atoms with Crippen molar-refractivity contribution < 1.29 is 19.1 Å². The highest BCUT2D eigenvalue weighted by Gasteiger charge is 2.34. The number of aryl methyl sites for hydroxylation is 1. The number of aromatic nitrogens is 4. The fourth-order valence-corrected chi connectivity index (χ4v) is 4.50. The van der Waals surface area contributed by atoms with Crippen molar-refractivity contribution in [3.63, 3.8) is 0 Å². The number of anilines is 2. The molecular weight excluding hydrogens is 468 g/mol. The quantitative estimate of drug-likeness (QED) is 0.358. The number of hydrogen-bond acceptors (Lipinski definition) is 9. The van der Waals surface area contributed by atoms with Crippen LogP contribution in [-0.4, -0.2) is 51.6 Å². The molecule has 1 unspecified atom stereocenters. The van der Waals surface area contributed by atoms with Crippen molar-refractivity contribution in [3.8, 4) is 5.75 Å². The number of allylic oxidation sites excluding steroid dienone is 1. The molecule has 2 N–H and O–H groups in total. The van der Waals surface area contributed by atoms with Gasteiger partial charge in [0.15, 0.2) is 0 Å². The molecule has 1 atom stereocenters. The summed E-state index contributed by atoms with van der Waals surface area (Å²) < 4.78 is 11.8. The van der Waals surface area contributed by atoms with Gasteiger partial charge in [-0.3, -0.25) is 14.6 Å². The van der Waals surface area contributed by atoms with E-state index < -0.39 is 6.04 Å². The molecule has 3 aromatic rings. The maximum absolute atomic E-state index is 13.5. The molecule has 0 spiro atoms. The second-order valence-electron chi connectivity index (χ2n) is 7.89. The number of fused-ring (bicyclic) bond motifs is 1. The third-order valence-corrected chi connectivity index (χ3v) is 6.22. The summed E-state index contributed by atoms with van der Waals surface area (Å²) in [5.74, 6) is 1.06. The molecule has 11 heteroatoms. The van der Waals surface area contributed by atoms with Crippen molar-refractivity contribution in [1.29, 1.82) is 0 Å². The smallest absolute Gasteiger partial charge is 0.306 e. The first-order valence-electron chi connectivity index (χ1n) is 10.9. The van der Waals surface area contributed by atoms with Crippen molar-refractivity contribution in [2.45, 2.75) is 31.5 Å². The Hall–Kier alpha value is -3.86. The van der Waals surface area contributed by atoms with E-state index >= 15 is 0 Å². The van der Waals surface area contributed by atoms with E-state index in [1.807, 2.05) is 44.2 Å². The van der Waals surface area contributed by atoms with Gasteiger partial charge in [0.1, 0.15) is 11.8 Å². The molecule has 0 saturated heterocycles. The predicted octanol–water partition coefficient (Wildman–Crippen LogP) is 3.57. The van der Waals surface area contributed by atoms with E-state index in [2.05, 4.69) is 25.7 Å². The van der Waals surface area contributed by atoms with Crippen LogP contribution in [0.4, 0.5) is 11.6 Å². The average molecular weight is 495 g/mol. The van der Waals surface area contributed by atoms with Crippen LogP contribution < -0.4 is 15.4 Å². The number of ether oxygens (including phenoxy) is 2. The lowest BCUT2D eigenvalue weighted by Gasteiger charge is -2.28. The van der Waals surface area contributed by atoms with Crippen LogP contribution in [0.2, 0.25) is 0 Å². The highest BCUT2D eigenvalue weighted by atomic mass is 32.2. The molecule has 0 fully saturated rings. The number of methoxy groups -OCH3 is 2. The van der Waals surface area contributed by atoms with Gasteiger partial charge in [0.25, 0.3) is 5.91 Å². The van der Waals surface area contributed by atoms with Crippen LogP contribution in [0.3, 0.4) is 0 Å². The minimum atomic E-state index is -0.554. The highest BCUT2D eigenvalue weighted by molar-refractivity contribution is 7.99. The topological polar surface area (TPSA) is 120 Å². The van der Waals surface area contributed by atoms with Crippen molar-refractivity contribution in [2.24, 2.45) is 0 Å². The Morgan fingerprint density at radius 1 is 1.20 bits per heavy atom. The lowest BCUT2D eigenvalue weighted by Crippen LogP contribution is -2.31. The van der Waals surface area contributed by atoms with E-state index in [1.54, 1.807) is 24.2 Å². The van der Waals surface area contributed by atoms with Crippen molar-refractivity contribution in [2.75, 3.05) is 30.6 Å². The van der Waals surface area contributed by atoms with Gasteiger partial charge in [-0.05, 0) is 43.2 Å². The van der Waals surface area contributed by atoms with Crippen LogP contribution in [0.25, 0.3) is 0 Å². The molecule has 2 aromatic heterocycles. The summed E-state index contributed by atoms with van der Waals surface area (Å²) in [7, 11) is 2.95. The average Bonchev–Trinajstić information content (AvgIpc) is 3.25. The van der Waals surface area contributed by atoms with Gasteiger partial charge in [-0.1, -0.05) is 23.9 Å². The van der Waals surface area contributed by atoms with E-state index in [4.69, 9.17) is 9.47 Å². The fourth-order valence-electron chi connectivity index (χ4n) is 3.76. The van der Waals surface area contributed by atoms with Crippen LogP contribution >= 0.6 is 11.8 Å². The number of carbonyl (C=O) groups excluding carboxylic acids is 2. The zero-order chi connectivity index (χ0) is 24.9. The third kappa shape index (κ3) is 5.46. The molecule has 1 amide bonds. The van der Waals surface area contributed by atoms with E-state index in [0.29, 0.717) is 39.6 Å². The Balaban J connectivity index is 1.70. The minimum absolute atomic E-state index is 0.243. The summed E-state index contributed by atoms with van der Waals surface area (Å²) in [6.07, 6.45) is 3.57.